The van der Waals surface area contributed by atoms with E-state index in [-0.39, 0.29) is 28.2 Å². The summed E-state index contributed by atoms with van der Waals surface area (Å²) >= 11 is 6.05. The Bertz CT molecular complexity index is 544. The predicted molar refractivity (Wildman–Crippen MR) is 80.7 cm³/mol. The average molecular weight is 312 g/mol. The number of rotatable bonds is 4. The molecule has 1 unspecified atom stereocenters. The topological polar surface area (TPSA) is 75.5 Å². The van der Waals surface area contributed by atoms with Gasteiger partial charge in [0.05, 0.1) is 15.5 Å². The number of piperidine rings is 1. The third-order valence-electron chi connectivity index (χ3n) is 3.70. The van der Waals surface area contributed by atoms with Crippen molar-refractivity contribution in [2.45, 2.75) is 25.8 Å². The van der Waals surface area contributed by atoms with Crippen molar-refractivity contribution in [3.63, 3.8) is 0 Å². The molecule has 1 aliphatic heterocycles. The normalized spacial score (nSPS) is 18.3. The van der Waals surface area contributed by atoms with Gasteiger partial charge in [0, 0.05) is 31.3 Å². The first-order valence-electron chi connectivity index (χ1n) is 7.00. The van der Waals surface area contributed by atoms with Crippen molar-refractivity contribution in [3.05, 3.63) is 38.9 Å². The predicted octanol–water partition coefficient (Wildman–Crippen LogP) is 2.46. The Labute approximate surface area is 128 Å². The molecule has 2 rings (SSSR count). The van der Waals surface area contributed by atoms with Gasteiger partial charge in [-0.25, -0.2) is 0 Å². The first-order chi connectivity index (χ1) is 10.0. The first-order valence-corrected chi connectivity index (χ1v) is 7.38. The summed E-state index contributed by atoms with van der Waals surface area (Å²) in [6.07, 6.45) is 1.94. The van der Waals surface area contributed by atoms with Crippen molar-refractivity contribution in [2.75, 3.05) is 19.6 Å². The fourth-order valence-corrected chi connectivity index (χ4v) is 2.81. The highest BCUT2D eigenvalue weighted by Crippen LogP contribution is 2.25. The highest BCUT2D eigenvalue weighted by Gasteiger charge is 2.27. The minimum atomic E-state index is -0.522. The van der Waals surface area contributed by atoms with E-state index < -0.39 is 4.92 Å². The van der Waals surface area contributed by atoms with Crippen LogP contribution in [0.4, 0.5) is 5.69 Å². The minimum Gasteiger partial charge on any atom is -0.335 e. The summed E-state index contributed by atoms with van der Waals surface area (Å²) in [5.41, 5.74) is 0.0684. The average Bonchev–Trinajstić information content (AvgIpc) is 2.49. The van der Waals surface area contributed by atoms with Crippen LogP contribution in [0.1, 0.15) is 30.1 Å². The van der Waals surface area contributed by atoms with E-state index in [1.165, 1.54) is 18.2 Å². The first kappa shape index (κ1) is 15.7. The number of hydrogen-bond acceptors (Lipinski definition) is 4. The van der Waals surface area contributed by atoms with Crippen LogP contribution in [0, 0.1) is 10.1 Å². The van der Waals surface area contributed by atoms with Crippen LogP contribution >= 0.6 is 11.6 Å². The maximum atomic E-state index is 12.7. The molecule has 1 aromatic rings. The van der Waals surface area contributed by atoms with Crippen LogP contribution in [0.2, 0.25) is 5.02 Å². The maximum Gasteiger partial charge on any atom is 0.270 e. The van der Waals surface area contributed by atoms with Gasteiger partial charge in [0.2, 0.25) is 0 Å². The summed E-state index contributed by atoms with van der Waals surface area (Å²) in [6, 6.07) is 4.06. The van der Waals surface area contributed by atoms with Gasteiger partial charge >= 0.3 is 0 Å². The maximum absolute atomic E-state index is 12.7. The Morgan fingerprint density at radius 1 is 1.57 bits per heavy atom. The lowest BCUT2D eigenvalue weighted by atomic mass is 10.0. The lowest BCUT2D eigenvalue weighted by Gasteiger charge is -2.34. The lowest BCUT2D eigenvalue weighted by Crippen LogP contribution is -2.48. The van der Waals surface area contributed by atoms with Crippen LogP contribution in [-0.4, -0.2) is 41.4 Å². The summed E-state index contributed by atoms with van der Waals surface area (Å²) in [7, 11) is 0. The summed E-state index contributed by atoms with van der Waals surface area (Å²) < 4.78 is 0. The van der Waals surface area contributed by atoms with Crippen molar-refractivity contribution in [1.29, 1.82) is 0 Å². The molecule has 1 N–H and O–H groups in total. The van der Waals surface area contributed by atoms with Crippen molar-refractivity contribution >= 4 is 23.2 Å². The van der Waals surface area contributed by atoms with Crippen LogP contribution in [-0.2, 0) is 0 Å². The molecule has 1 amide bonds. The Hall–Kier alpha value is -1.66. The van der Waals surface area contributed by atoms with Gasteiger partial charge < -0.3 is 10.2 Å². The molecule has 1 aliphatic rings. The van der Waals surface area contributed by atoms with Gasteiger partial charge in [-0.1, -0.05) is 11.6 Å². The largest absolute Gasteiger partial charge is 0.335 e. The van der Waals surface area contributed by atoms with Crippen molar-refractivity contribution in [1.82, 2.24) is 10.2 Å². The second kappa shape index (κ2) is 6.87. The fraction of sp³-hybridized carbons (Fsp3) is 0.500. The SMILES string of the molecule is CCN(C(=O)c1cc([N+](=O)[O-])ccc1Cl)C1CCCNC1. The van der Waals surface area contributed by atoms with E-state index in [0.717, 1.165) is 25.9 Å². The van der Waals surface area contributed by atoms with E-state index in [9.17, 15) is 14.9 Å². The van der Waals surface area contributed by atoms with E-state index in [2.05, 4.69) is 5.32 Å². The highest BCUT2D eigenvalue weighted by molar-refractivity contribution is 6.33. The molecular weight excluding hydrogens is 294 g/mol. The summed E-state index contributed by atoms with van der Waals surface area (Å²) in [4.78, 5) is 24.7. The van der Waals surface area contributed by atoms with Gasteiger partial charge in [-0.15, -0.1) is 0 Å². The molecule has 0 aromatic heterocycles. The molecule has 0 spiro atoms. The highest BCUT2D eigenvalue weighted by atomic mass is 35.5. The number of halogens is 1. The van der Waals surface area contributed by atoms with Gasteiger partial charge in [0.1, 0.15) is 0 Å². The monoisotopic (exact) mass is 311 g/mol. The van der Waals surface area contributed by atoms with Gasteiger partial charge in [0.15, 0.2) is 0 Å². The van der Waals surface area contributed by atoms with Crippen LogP contribution in [0.15, 0.2) is 18.2 Å². The van der Waals surface area contributed by atoms with Crippen molar-refractivity contribution in [2.24, 2.45) is 0 Å². The number of nitrogens with zero attached hydrogens (tertiary/aromatic N) is 2. The third-order valence-corrected chi connectivity index (χ3v) is 4.03. The van der Waals surface area contributed by atoms with Gasteiger partial charge in [-0.05, 0) is 32.4 Å². The molecule has 1 saturated heterocycles. The van der Waals surface area contributed by atoms with E-state index >= 15 is 0 Å². The molecule has 1 aromatic carbocycles. The second-order valence-corrected chi connectivity index (χ2v) is 5.42. The number of nitro groups is 1. The standard InChI is InChI=1S/C14H18ClN3O3/c1-2-17(11-4-3-7-16-9-11)14(19)12-8-10(18(20)21)5-6-13(12)15/h5-6,8,11,16H,2-4,7,9H2,1H3. The number of carbonyl (C=O) groups excluding carboxylic acids is 1. The quantitative estimate of drug-likeness (QED) is 0.684. The zero-order chi connectivity index (χ0) is 15.4. The molecule has 0 saturated carbocycles. The Morgan fingerprint density at radius 2 is 2.33 bits per heavy atom. The molecule has 0 bridgehead atoms. The van der Waals surface area contributed by atoms with Crippen LogP contribution in [0.25, 0.3) is 0 Å². The van der Waals surface area contributed by atoms with Crippen LogP contribution in [0.3, 0.4) is 0 Å². The third kappa shape index (κ3) is 3.51. The van der Waals surface area contributed by atoms with E-state index in [0.29, 0.717) is 6.54 Å². The lowest BCUT2D eigenvalue weighted by molar-refractivity contribution is -0.384. The van der Waals surface area contributed by atoms with Crippen LogP contribution < -0.4 is 5.32 Å². The zero-order valence-electron chi connectivity index (χ0n) is 11.8. The van der Waals surface area contributed by atoms with Crippen molar-refractivity contribution < 1.29 is 9.72 Å². The number of hydrogen-bond donors (Lipinski definition) is 1. The molecule has 114 valence electrons. The van der Waals surface area contributed by atoms with E-state index in [1.807, 2.05) is 6.92 Å². The van der Waals surface area contributed by atoms with Gasteiger partial charge in [-0.3, -0.25) is 14.9 Å². The smallest absolute Gasteiger partial charge is 0.270 e. The molecule has 21 heavy (non-hydrogen) atoms. The molecule has 0 aliphatic carbocycles. The number of carbonyl (C=O) groups is 1. The minimum absolute atomic E-state index is 0.103. The zero-order valence-corrected chi connectivity index (χ0v) is 12.6. The Balaban J connectivity index is 2.28. The molecule has 1 atom stereocenters. The fourth-order valence-electron chi connectivity index (χ4n) is 2.61. The number of nitrogens with one attached hydrogen (secondary N) is 1. The summed E-state index contributed by atoms with van der Waals surface area (Å²) in [6.45, 7) is 4.15. The van der Waals surface area contributed by atoms with E-state index in [1.54, 1.807) is 4.90 Å². The number of non-ortho nitro benzene ring substituents is 1. The second-order valence-electron chi connectivity index (χ2n) is 5.01. The number of amides is 1. The van der Waals surface area contributed by atoms with Crippen molar-refractivity contribution in [3.8, 4) is 0 Å². The number of nitro benzene ring substituents is 1. The molecule has 7 heteroatoms. The molecule has 6 nitrogen and oxygen atoms in total. The number of benzene rings is 1. The molecular formula is C14H18ClN3O3. The molecule has 0 radical (unpaired) electrons. The Morgan fingerprint density at radius 3 is 2.90 bits per heavy atom. The summed E-state index contributed by atoms with van der Waals surface area (Å²) in [5.74, 6) is -0.250. The molecule has 1 heterocycles. The van der Waals surface area contributed by atoms with E-state index in [4.69, 9.17) is 11.6 Å². The number of likely N-dealkylation sites (N-methyl/N-ethyl adjacent to an activating group) is 1. The Kier molecular flexibility index (Phi) is 5.14. The van der Waals surface area contributed by atoms with Gasteiger partial charge in [0.25, 0.3) is 11.6 Å². The van der Waals surface area contributed by atoms with Gasteiger partial charge in [-0.2, -0.15) is 0 Å². The summed E-state index contributed by atoms with van der Waals surface area (Å²) in [5, 5.41) is 14.4. The van der Waals surface area contributed by atoms with Crippen LogP contribution in [0.5, 0.6) is 0 Å². The molecule has 1 fully saturated rings.